The first kappa shape index (κ1) is 20.5. The first-order valence-electron chi connectivity index (χ1n) is 9.24. The molecule has 8 heteroatoms. The highest BCUT2D eigenvalue weighted by atomic mass is 16.6. The molecule has 1 heterocycles. The number of hydrogen-bond donors (Lipinski definition) is 0. The van der Waals surface area contributed by atoms with Gasteiger partial charge < -0.3 is 14.2 Å². The van der Waals surface area contributed by atoms with Crippen LogP contribution in [0, 0.1) is 17.0 Å². The highest BCUT2D eigenvalue weighted by Crippen LogP contribution is 2.20. The number of ether oxygens (including phenoxy) is 3. The van der Waals surface area contributed by atoms with Crippen molar-refractivity contribution in [2.24, 2.45) is 0 Å². The van der Waals surface area contributed by atoms with Gasteiger partial charge in [-0.2, -0.15) is 0 Å². The standard InChI is InChI=1S/C21H21NO7/c1-14-4-5-16(11-19(14)22(25)26)20(23)13-29-21(24)15-6-8-17(9-7-15)28-12-18-3-2-10-27-18/h4-9,11,18H,2-3,10,12-13H2,1H3/t18-/m1/s1. The van der Waals surface area contributed by atoms with Crippen molar-refractivity contribution in [2.45, 2.75) is 25.9 Å². The van der Waals surface area contributed by atoms with Crippen LogP contribution in [0.1, 0.15) is 39.1 Å². The van der Waals surface area contributed by atoms with Crippen LogP contribution in [0.15, 0.2) is 42.5 Å². The Hall–Kier alpha value is -3.26. The van der Waals surface area contributed by atoms with Gasteiger partial charge in [0.1, 0.15) is 12.4 Å². The van der Waals surface area contributed by atoms with E-state index in [1.807, 2.05) is 0 Å². The molecule has 2 aromatic rings. The van der Waals surface area contributed by atoms with Crippen molar-refractivity contribution in [1.29, 1.82) is 0 Å². The van der Waals surface area contributed by atoms with E-state index in [0.717, 1.165) is 19.4 Å². The van der Waals surface area contributed by atoms with E-state index >= 15 is 0 Å². The summed E-state index contributed by atoms with van der Waals surface area (Å²) in [5.74, 6) is -0.566. The fourth-order valence-electron chi connectivity index (χ4n) is 2.93. The molecular formula is C21H21NO7. The van der Waals surface area contributed by atoms with Crippen molar-refractivity contribution < 1.29 is 28.7 Å². The lowest BCUT2D eigenvalue weighted by Gasteiger charge is -2.11. The molecular weight excluding hydrogens is 378 g/mol. The summed E-state index contributed by atoms with van der Waals surface area (Å²) in [6.07, 6.45) is 2.11. The Bertz CT molecular complexity index is 902. The molecule has 1 saturated heterocycles. The van der Waals surface area contributed by atoms with Crippen LogP contribution >= 0.6 is 0 Å². The lowest BCUT2D eigenvalue weighted by atomic mass is 10.1. The predicted octanol–water partition coefficient (Wildman–Crippen LogP) is 3.50. The highest BCUT2D eigenvalue weighted by Gasteiger charge is 2.18. The SMILES string of the molecule is Cc1ccc(C(=O)COC(=O)c2ccc(OC[C@H]3CCCO3)cc2)cc1[N+](=O)[O-]. The zero-order valence-corrected chi connectivity index (χ0v) is 16.0. The first-order valence-corrected chi connectivity index (χ1v) is 9.24. The summed E-state index contributed by atoms with van der Waals surface area (Å²) in [4.78, 5) is 34.8. The van der Waals surface area contributed by atoms with Crippen LogP contribution in [0.3, 0.4) is 0 Å². The van der Waals surface area contributed by atoms with Gasteiger partial charge in [-0.1, -0.05) is 12.1 Å². The number of nitro benzene ring substituents is 1. The Morgan fingerprint density at radius 1 is 1.17 bits per heavy atom. The normalized spacial score (nSPS) is 15.7. The number of carbonyl (C=O) groups excluding carboxylic acids is 2. The van der Waals surface area contributed by atoms with E-state index in [-0.39, 0.29) is 22.9 Å². The molecule has 152 valence electrons. The molecule has 1 aliphatic heterocycles. The minimum Gasteiger partial charge on any atom is -0.491 e. The number of benzene rings is 2. The van der Waals surface area contributed by atoms with E-state index in [4.69, 9.17) is 14.2 Å². The van der Waals surface area contributed by atoms with Gasteiger partial charge in [0, 0.05) is 23.8 Å². The lowest BCUT2D eigenvalue weighted by Crippen LogP contribution is -2.16. The first-order chi connectivity index (χ1) is 13.9. The number of aryl methyl sites for hydroxylation is 1. The number of hydrogen-bond acceptors (Lipinski definition) is 7. The third-order valence-electron chi connectivity index (χ3n) is 4.61. The van der Waals surface area contributed by atoms with E-state index in [0.29, 0.717) is 17.9 Å². The fourth-order valence-corrected chi connectivity index (χ4v) is 2.93. The van der Waals surface area contributed by atoms with Crippen LogP contribution in [0.5, 0.6) is 5.75 Å². The molecule has 2 aromatic carbocycles. The molecule has 3 rings (SSSR count). The van der Waals surface area contributed by atoms with Crippen molar-refractivity contribution in [2.75, 3.05) is 19.8 Å². The lowest BCUT2D eigenvalue weighted by molar-refractivity contribution is -0.385. The average Bonchev–Trinajstić information content (AvgIpc) is 3.24. The van der Waals surface area contributed by atoms with E-state index in [9.17, 15) is 19.7 Å². The van der Waals surface area contributed by atoms with Gasteiger partial charge in [0.25, 0.3) is 5.69 Å². The van der Waals surface area contributed by atoms with Gasteiger partial charge in [0.2, 0.25) is 5.78 Å². The van der Waals surface area contributed by atoms with Gasteiger partial charge in [-0.05, 0) is 44.0 Å². The molecule has 1 aliphatic rings. The maximum atomic E-state index is 12.2. The minimum atomic E-state index is -0.661. The third kappa shape index (κ3) is 5.39. The van der Waals surface area contributed by atoms with Crippen LogP contribution in [-0.4, -0.2) is 42.6 Å². The van der Waals surface area contributed by atoms with Crippen molar-refractivity contribution in [3.8, 4) is 5.75 Å². The molecule has 8 nitrogen and oxygen atoms in total. The smallest absolute Gasteiger partial charge is 0.338 e. The van der Waals surface area contributed by atoms with E-state index < -0.39 is 23.3 Å². The molecule has 29 heavy (non-hydrogen) atoms. The monoisotopic (exact) mass is 399 g/mol. The second-order valence-corrected chi connectivity index (χ2v) is 6.73. The summed E-state index contributed by atoms with van der Waals surface area (Å²) in [5.41, 5.74) is 0.691. The van der Waals surface area contributed by atoms with Crippen LogP contribution in [0.25, 0.3) is 0 Å². The quantitative estimate of drug-likeness (QED) is 0.289. The number of ketones is 1. The molecule has 0 aromatic heterocycles. The minimum absolute atomic E-state index is 0.100. The van der Waals surface area contributed by atoms with Gasteiger partial charge in [0.15, 0.2) is 6.61 Å². The Labute approximate surface area is 167 Å². The summed E-state index contributed by atoms with van der Waals surface area (Å²) >= 11 is 0. The topological polar surface area (TPSA) is 105 Å². The zero-order chi connectivity index (χ0) is 20.8. The Morgan fingerprint density at radius 2 is 1.90 bits per heavy atom. The number of Topliss-reactive ketones (excluding diaryl/α,β-unsaturated/α-hetero) is 1. The molecule has 1 fully saturated rings. The van der Waals surface area contributed by atoms with E-state index in [1.54, 1.807) is 31.2 Å². The van der Waals surface area contributed by atoms with Crippen LogP contribution in [0.4, 0.5) is 5.69 Å². The Kier molecular flexibility index (Phi) is 6.56. The molecule has 0 aliphatic carbocycles. The van der Waals surface area contributed by atoms with Crippen molar-refractivity contribution >= 4 is 17.4 Å². The van der Waals surface area contributed by atoms with Crippen molar-refractivity contribution in [1.82, 2.24) is 0 Å². The zero-order valence-electron chi connectivity index (χ0n) is 16.0. The molecule has 0 saturated carbocycles. The van der Waals surface area contributed by atoms with Crippen molar-refractivity contribution in [3.63, 3.8) is 0 Å². The van der Waals surface area contributed by atoms with Gasteiger partial charge >= 0.3 is 5.97 Å². The van der Waals surface area contributed by atoms with Gasteiger partial charge in [-0.15, -0.1) is 0 Å². The number of nitro groups is 1. The van der Waals surface area contributed by atoms with Crippen LogP contribution in [-0.2, 0) is 9.47 Å². The summed E-state index contributed by atoms with van der Waals surface area (Å²) < 4.78 is 16.2. The number of esters is 1. The Balaban J connectivity index is 1.52. The van der Waals surface area contributed by atoms with Gasteiger partial charge in [-0.25, -0.2) is 4.79 Å². The number of carbonyl (C=O) groups is 2. The molecule has 1 atom stereocenters. The molecule has 0 spiro atoms. The second-order valence-electron chi connectivity index (χ2n) is 6.73. The summed E-state index contributed by atoms with van der Waals surface area (Å²) in [6.45, 7) is 2.30. The van der Waals surface area contributed by atoms with Gasteiger partial charge in [0.05, 0.1) is 16.6 Å². The third-order valence-corrected chi connectivity index (χ3v) is 4.61. The van der Waals surface area contributed by atoms with Crippen LogP contribution in [0.2, 0.25) is 0 Å². The summed E-state index contributed by atoms with van der Waals surface area (Å²) in [5, 5.41) is 11.0. The molecule has 0 amide bonds. The summed E-state index contributed by atoms with van der Waals surface area (Å²) in [7, 11) is 0. The van der Waals surface area contributed by atoms with Crippen LogP contribution < -0.4 is 4.74 Å². The molecule has 0 radical (unpaired) electrons. The highest BCUT2D eigenvalue weighted by molar-refractivity contribution is 5.99. The van der Waals surface area contributed by atoms with Gasteiger partial charge in [-0.3, -0.25) is 14.9 Å². The second kappa shape index (κ2) is 9.29. The number of rotatable bonds is 8. The maximum absolute atomic E-state index is 12.2. The summed E-state index contributed by atoms with van der Waals surface area (Å²) in [6, 6.07) is 10.5. The number of nitrogens with zero attached hydrogens (tertiary/aromatic N) is 1. The van der Waals surface area contributed by atoms with E-state index in [2.05, 4.69) is 0 Å². The molecule has 0 bridgehead atoms. The average molecular weight is 399 g/mol. The largest absolute Gasteiger partial charge is 0.491 e. The Morgan fingerprint density at radius 3 is 2.55 bits per heavy atom. The molecule has 0 N–H and O–H groups in total. The van der Waals surface area contributed by atoms with Crippen molar-refractivity contribution in [3.05, 3.63) is 69.3 Å². The maximum Gasteiger partial charge on any atom is 0.338 e. The predicted molar refractivity (Wildman–Crippen MR) is 103 cm³/mol. The fraction of sp³-hybridized carbons (Fsp3) is 0.333. The molecule has 0 unspecified atom stereocenters. The van der Waals surface area contributed by atoms with E-state index in [1.165, 1.54) is 18.2 Å².